The summed E-state index contributed by atoms with van der Waals surface area (Å²) in [6.45, 7) is 1.50. The van der Waals surface area contributed by atoms with Gasteiger partial charge in [0, 0.05) is 12.3 Å². The number of hydrogen-bond donors (Lipinski definition) is 1. The minimum atomic E-state index is -6.36. The molecule has 3 heterocycles. The lowest BCUT2D eigenvalue weighted by molar-refractivity contribution is -0.254. The monoisotopic (exact) mass is 656 g/mol. The van der Waals surface area contributed by atoms with Gasteiger partial charge in [-0.15, -0.1) is 0 Å². The van der Waals surface area contributed by atoms with Crippen LogP contribution in [0, 0.1) is 0 Å². The van der Waals surface area contributed by atoms with E-state index in [2.05, 4.69) is 22.0 Å². The summed E-state index contributed by atoms with van der Waals surface area (Å²) in [4.78, 5) is 72.6. The van der Waals surface area contributed by atoms with Crippen molar-refractivity contribution in [2.75, 3.05) is 13.2 Å². The smallest absolute Gasteiger partial charge is 0.330 e. The van der Waals surface area contributed by atoms with Crippen LogP contribution in [0.2, 0.25) is 0 Å². The number of fused-ring (bicyclic) bond motifs is 1. The first-order chi connectivity index (χ1) is 18.5. The van der Waals surface area contributed by atoms with E-state index in [-0.39, 0.29) is 0 Å². The summed E-state index contributed by atoms with van der Waals surface area (Å²) < 4.78 is 84.1. The standard InChI is InChI=1S/C16H28N2O18P4/c1-3-5-6-12-32-13-10(31-15(14(13)33-12)18-8-7-11(19)17-16(18)20)9-30-38(23,24)35-40(27,28)36-39(25,26)34-37(21,22)29-4-2/h7-8,10,12-15H,3-6,9H2,1-2H3,(H,21,22)(H,23,24)(H,25,26)(H,27,28)(H,17,19,20)/p-4/t10-,12?,13+,14?,15-/m1/s1. The second kappa shape index (κ2) is 13.2. The number of nitrogens with one attached hydrogen (secondary N) is 1. The Kier molecular flexibility index (Phi) is 11.1. The topological polar surface area (TPSA) is 289 Å². The summed E-state index contributed by atoms with van der Waals surface area (Å²) >= 11 is 0. The van der Waals surface area contributed by atoms with Gasteiger partial charge >= 0.3 is 5.69 Å². The van der Waals surface area contributed by atoms with Crippen LogP contribution in [0.4, 0.5) is 0 Å². The largest absolute Gasteiger partial charge is 0.756 e. The Bertz CT molecular complexity index is 1350. The van der Waals surface area contributed by atoms with E-state index in [1.165, 1.54) is 0 Å². The molecule has 1 aromatic heterocycles. The molecule has 40 heavy (non-hydrogen) atoms. The molecular formula is C16H24N2O18P4-4. The molecule has 1 aromatic rings. The fraction of sp³-hybridized carbons (Fsp3) is 0.750. The van der Waals surface area contributed by atoms with E-state index in [9.17, 15) is 47.4 Å². The average Bonchev–Trinajstić information content (AvgIpc) is 3.33. The number of phosphoric acid groups is 4. The van der Waals surface area contributed by atoms with Crippen LogP contribution in [-0.2, 0) is 54.5 Å². The summed E-state index contributed by atoms with van der Waals surface area (Å²) in [7, 11) is -24.1. The highest BCUT2D eigenvalue weighted by Gasteiger charge is 2.53. The average molecular weight is 656 g/mol. The van der Waals surface area contributed by atoms with Crippen LogP contribution < -0.4 is 30.8 Å². The number of nitrogens with zero attached hydrogens (tertiary/aromatic N) is 1. The van der Waals surface area contributed by atoms with E-state index in [4.69, 9.17) is 14.2 Å². The van der Waals surface area contributed by atoms with Gasteiger partial charge < -0.3 is 42.8 Å². The summed E-state index contributed by atoms with van der Waals surface area (Å²) in [6, 6.07) is 1.03. The first-order valence-corrected chi connectivity index (χ1v) is 17.3. The second-order valence-electron chi connectivity index (χ2n) is 8.10. The third-order valence-electron chi connectivity index (χ3n) is 5.11. The quantitative estimate of drug-likeness (QED) is 0.215. The van der Waals surface area contributed by atoms with Gasteiger partial charge in [-0.2, -0.15) is 0 Å². The molecule has 1 N–H and O–H groups in total. The summed E-state index contributed by atoms with van der Waals surface area (Å²) in [5.41, 5.74) is -1.57. The molecule has 9 atom stereocenters. The van der Waals surface area contributed by atoms with Gasteiger partial charge in [0.25, 0.3) is 36.9 Å². The maximum atomic E-state index is 12.3. The molecule has 0 aromatic carbocycles. The van der Waals surface area contributed by atoms with Crippen LogP contribution in [-0.4, -0.2) is 47.4 Å². The first kappa shape index (κ1) is 33.6. The Morgan fingerprint density at radius 2 is 1.45 bits per heavy atom. The van der Waals surface area contributed by atoms with Crippen molar-refractivity contribution >= 4 is 31.3 Å². The number of H-pyrrole nitrogens is 1. The van der Waals surface area contributed by atoms with Crippen molar-refractivity contribution in [2.45, 2.75) is 63.9 Å². The zero-order valence-corrected chi connectivity index (χ0v) is 24.2. The van der Waals surface area contributed by atoms with Gasteiger partial charge in [0.1, 0.15) is 18.3 Å². The number of aromatic amines is 1. The lowest BCUT2D eigenvalue weighted by Crippen LogP contribution is -2.36. The van der Waals surface area contributed by atoms with Crippen LogP contribution in [0.15, 0.2) is 21.9 Å². The minimum Gasteiger partial charge on any atom is -0.756 e. The Balaban J connectivity index is 1.70. The van der Waals surface area contributed by atoms with Crippen molar-refractivity contribution in [3.8, 4) is 0 Å². The molecule has 2 aliphatic heterocycles. The van der Waals surface area contributed by atoms with Crippen molar-refractivity contribution in [1.82, 2.24) is 9.55 Å². The lowest BCUT2D eigenvalue weighted by atomic mass is 10.1. The highest BCUT2D eigenvalue weighted by molar-refractivity contribution is 7.68. The Labute approximate surface area is 225 Å². The Hall–Kier alpha value is -0.880. The van der Waals surface area contributed by atoms with E-state index in [1.807, 2.05) is 11.9 Å². The molecule has 2 aliphatic rings. The maximum absolute atomic E-state index is 12.3. The van der Waals surface area contributed by atoms with Crippen molar-refractivity contribution in [2.24, 2.45) is 0 Å². The van der Waals surface area contributed by atoms with Gasteiger partial charge in [0.15, 0.2) is 12.5 Å². The summed E-state index contributed by atoms with van der Waals surface area (Å²) in [6.07, 6.45) is -2.32. The van der Waals surface area contributed by atoms with E-state index in [1.54, 1.807) is 0 Å². The molecule has 0 spiro atoms. The molecule has 24 heteroatoms. The number of ether oxygens (including phenoxy) is 3. The number of phosphoric ester groups is 2. The predicted octanol–water partition coefficient (Wildman–Crippen LogP) is -1.29. The first-order valence-electron chi connectivity index (χ1n) is 11.4. The molecule has 6 unspecified atom stereocenters. The highest BCUT2D eigenvalue weighted by Crippen LogP contribution is 2.66. The van der Waals surface area contributed by atoms with Crippen LogP contribution in [0.3, 0.4) is 0 Å². The lowest BCUT2D eigenvalue weighted by Gasteiger charge is -2.36. The Morgan fingerprint density at radius 1 is 0.875 bits per heavy atom. The van der Waals surface area contributed by atoms with E-state index >= 15 is 0 Å². The zero-order valence-electron chi connectivity index (χ0n) is 20.7. The van der Waals surface area contributed by atoms with Crippen molar-refractivity contribution in [1.29, 1.82) is 0 Å². The van der Waals surface area contributed by atoms with Crippen molar-refractivity contribution in [3.05, 3.63) is 33.1 Å². The zero-order chi connectivity index (χ0) is 29.9. The number of unbranched alkanes of at least 4 members (excludes halogenated alkanes) is 1. The van der Waals surface area contributed by atoms with Crippen LogP contribution >= 0.6 is 31.3 Å². The van der Waals surface area contributed by atoms with Gasteiger partial charge in [-0.3, -0.25) is 32.6 Å². The minimum absolute atomic E-state index is 0.432. The molecule has 0 aliphatic carbocycles. The van der Waals surface area contributed by atoms with Crippen LogP contribution in [0.1, 0.15) is 39.3 Å². The molecule has 0 amide bonds. The number of rotatable bonds is 15. The second-order valence-corrected chi connectivity index (χ2v) is 14.2. The van der Waals surface area contributed by atoms with Crippen LogP contribution in [0.25, 0.3) is 0 Å². The third-order valence-corrected chi connectivity index (χ3v) is 10.9. The fourth-order valence-corrected chi connectivity index (χ4v) is 8.40. The van der Waals surface area contributed by atoms with Gasteiger partial charge in [-0.25, -0.2) is 17.7 Å². The van der Waals surface area contributed by atoms with E-state index < -0.39 is 86.6 Å². The number of aromatic nitrogens is 2. The van der Waals surface area contributed by atoms with Crippen molar-refractivity contribution in [3.63, 3.8) is 0 Å². The number of hydrogen-bond acceptors (Lipinski definition) is 18. The molecule has 2 saturated heterocycles. The van der Waals surface area contributed by atoms with Crippen molar-refractivity contribution < 1.29 is 74.0 Å². The molecule has 0 radical (unpaired) electrons. The normalized spacial score (nSPS) is 30.6. The summed E-state index contributed by atoms with van der Waals surface area (Å²) in [5, 5.41) is 0. The predicted molar refractivity (Wildman–Crippen MR) is 120 cm³/mol. The summed E-state index contributed by atoms with van der Waals surface area (Å²) in [5.74, 6) is 0. The maximum Gasteiger partial charge on any atom is 0.330 e. The van der Waals surface area contributed by atoms with E-state index in [0.29, 0.717) is 12.8 Å². The van der Waals surface area contributed by atoms with Crippen LogP contribution in [0.5, 0.6) is 0 Å². The molecule has 0 bridgehead atoms. The SMILES string of the molecule is CCCCC1OC2[C@@H](O1)[C@@H](COP(=O)([O-])OP(=O)([O-])OP(=O)([O-])OP(=O)([O-])OCC)O[C@H]2n1ccc(=O)[nH]c1=O. The third kappa shape index (κ3) is 9.31. The molecule has 20 nitrogen and oxygen atoms in total. The van der Waals surface area contributed by atoms with Gasteiger partial charge in [0.05, 0.1) is 13.2 Å². The highest BCUT2D eigenvalue weighted by atomic mass is 31.3. The fourth-order valence-electron chi connectivity index (χ4n) is 3.66. The van der Waals surface area contributed by atoms with E-state index in [0.717, 1.165) is 30.2 Å². The molecule has 230 valence electrons. The van der Waals surface area contributed by atoms with Gasteiger partial charge in [-0.1, -0.05) is 13.3 Å². The van der Waals surface area contributed by atoms with Gasteiger partial charge in [0.2, 0.25) is 0 Å². The Morgan fingerprint density at radius 3 is 2.02 bits per heavy atom. The molecule has 0 saturated carbocycles. The molecule has 2 fully saturated rings. The molecular weight excluding hydrogens is 632 g/mol. The molecule has 3 rings (SSSR count). The van der Waals surface area contributed by atoms with Gasteiger partial charge in [-0.05, 0) is 19.8 Å².